The van der Waals surface area contributed by atoms with Crippen LogP contribution >= 0.6 is 23.2 Å². The van der Waals surface area contributed by atoms with Crippen LogP contribution in [0.5, 0.6) is 0 Å². The van der Waals surface area contributed by atoms with Crippen molar-refractivity contribution in [3.8, 4) is 0 Å². The van der Waals surface area contributed by atoms with Crippen molar-refractivity contribution >= 4 is 23.2 Å². The molecule has 0 aliphatic heterocycles. The summed E-state index contributed by atoms with van der Waals surface area (Å²) in [5.74, 6) is 0. The van der Waals surface area contributed by atoms with Crippen molar-refractivity contribution in [1.82, 2.24) is 10.3 Å². The quantitative estimate of drug-likeness (QED) is 0.914. The maximum absolute atomic E-state index is 6.28. The molecule has 0 aliphatic carbocycles. The molecule has 0 amide bonds. The van der Waals surface area contributed by atoms with E-state index in [2.05, 4.69) is 23.3 Å². The molecule has 1 heterocycles. The lowest BCUT2D eigenvalue weighted by molar-refractivity contribution is 0.583. The van der Waals surface area contributed by atoms with Gasteiger partial charge in [0.2, 0.25) is 0 Å². The van der Waals surface area contributed by atoms with Crippen molar-refractivity contribution in [1.29, 1.82) is 0 Å². The third-order valence-electron chi connectivity index (χ3n) is 3.22. The molecule has 19 heavy (non-hydrogen) atoms. The Morgan fingerprint density at radius 1 is 1.21 bits per heavy atom. The largest absolute Gasteiger partial charge is 0.313 e. The first-order chi connectivity index (χ1) is 9.13. The molecule has 2 rings (SSSR count). The van der Waals surface area contributed by atoms with E-state index in [4.69, 9.17) is 23.2 Å². The summed E-state index contributed by atoms with van der Waals surface area (Å²) >= 11 is 12.4. The van der Waals surface area contributed by atoms with Crippen LogP contribution in [-0.4, -0.2) is 12.0 Å². The molecule has 1 atom stereocenters. The minimum absolute atomic E-state index is 0.0970. The molecule has 100 valence electrons. The zero-order chi connectivity index (χ0) is 13.8. The van der Waals surface area contributed by atoms with Gasteiger partial charge in [-0.25, -0.2) is 0 Å². The molecule has 0 saturated carbocycles. The Bertz CT molecular complexity index is 570. The number of nitrogens with zero attached hydrogens (tertiary/aromatic N) is 1. The van der Waals surface area contributed by atoms with Gasteiger partial charge in [-0.2, -0.15) is 0 Å². The van der Waals surface area contributed by atoms with E-state index in [-0.39, 0.29) is 6.04 Å². The van der Waals surface area contributed by atoms with Crippen LogP contribution in [-0.2, 0) is 6.42 Å². The number of likely N-dealkylation sites (N-methyl/N-ethyl adjacent to an activating group) is 1. The standard InChI is InChI=1S/C15H16Cl2N2/c1-10-5-4-8-19-13(10)9-14(18-2)11-6-3-7-12(16)15(11)17/h3-8,14,18H,9H2,1-2H3. The van der Waals surface area contributed by atoms with Gasteiger partial charge in [-0.15, -0.1) is 0 Å². The van der Waals surface area contributed by atoms with Gasteiger partial charge in [0.1, 0.15) is 0 Å². The molecule has 1 N–H and O–H groups in total. The highest BCUT2D eigenvalue weighted by Crippen LogP contribution is 2.31. The maximum atomic E-state index is 6.28. The molecular weight excluding hydrogens is 279 g/mol. The number of halogens is 2. The predicted molar refractivity (Wildman–Crippen MR) is 80.9 cm³/mol. The van der Waals surface area contributed by atoms with E-state index in [1.165, 1.54) is 5.56 Å². The molecule has 1 unspecified atom stereocenters. The van der Waals surface area contributed by atoms with E-state index >= 15 is 0 Å². The van der Waals surface area contributed by atoms with Crippen molar-refractivity contribution in [2.45, 2.75) is 19.4 Å². The zero-order valence-electron chi connectivity index (χ0n) is 11.0. The average Bonchev–Trinajstić information content (AvgIpc) is 2.41. The Kier molecular flexibility index (Phi) is 4.81. The number of rotatable bonds is 4. The van der Waals surface area contributed by atoms with Gasteiger partial charge in [-0.3, -0.25) is 4.98 Å². The number of nitrogens with one attached hydrogen (secondary N) is 1. The van der Waals surface area contributed by atoms with Crippen LogP contribution in [0.25, 0.3) is 0 Å². The first-order valence-corrected chi connectivity index (χ1v) is 6.90. The summed E-state index contributed by atoms with van der Waals surface area (Å²) in [5, 5.41) is 4.47. The minimum atomic E-state index is 0.0970. The summed E-state index contributed by atoms with van der Waals surface area (Å²) in [6.07, 6.45) is 2.60. The SMILES string of the molecule is CNC(Cc1ncccc1C)c1cccc(Cl)c1Cl. The minimum Gasteiger partial charge on any atom is -0.313 e. The smallest absolute Gasteiger partial charge is 0.0640 e. The summed E-state index contributed by atoms with van der Waals surface area (Å²) in [6.45, 7) is 2.06. The van der Waals surface area contributed by atoms with Gasteiger partial charge in [0.25, 0.3) is 0 Å². The Morgan fingerprint density at radius 3 is 2.68 bits per heavy atom. The van der Waals surface area contributed by atoms with Crippen LogP contribution in [0.4, 0.5) is 0 Å². The summed E-state index contributed by atoms with van der Waals surface area (Å²) in [4.78, 5) is 4.43. The van der Waals surface area contributed by atoms with Crippen molar-refractivity contribution in [2.75, 3.05) is 7.05 Å². The fourth-order valence-corrected chi connectivity index (χ4v) is 2.52. The zero-order valence-corrected chi connectivity index (χ0v) is 12.5. The molecule has 0 fully saturated rings. The number of benzene rings is 1. The molecule has 4 heteroatoms. The number of aromatic nitrogens is 1. The first-order valence-electron chi connectivity index (χ1n) is 6.15. The summed E-state index contributed by atoms with van der Waals surface area (Å²) in [5.41, 5.74) is 3.25. The average molecular weight is 295 g/mol. The highest BCUT2D eigenvalue weighted by Gasteiger charge is 2.16. The normalized spacial score (nSPS) is 12.4. The van der Waals surface area contributed by atoms with E-state index in [1.54, 1.807) is 6.07 Å². The van der Waals surface area contributed by atoms with Crippen LogP contribution in [0.2, 0.25) is 10.0 Å². The highest BCUT2D eigenvalue weighted by molar-refractivity contribution is 6.42. The van der Waals surface area contributed by atoms with Crippen LogP contribution in [0.3, 0.4) is 0 Å². The molecule has 0 aliphatic rings. The third-order valence-corrected chi connectivity index (χ3v) is 4.05. The summed E-state index contributed by atoms with van der Waals surface area (Å²) in [6, 6.07) is 9.81. The van der Waals surface area contributed by atoms with Crippen molar-refractivity contribution in [3.63, 3.8) is 0 Å². The highest BCUT2D eigenvalue weighted by atomic mass is 35.5. The number of hydrogen-bond donors (Lipinski definition) is 1. The second kappa shape index (κ2) is 6.38. The van der Waals surface area contributed by atoms with Crippen LogP contribution < -0.4 is 5.32 Å². The predicted octanol–water partition coefficient (Wildman–Crippen LogP) is 4.20. The first kappa shape index (κ1) is 14.3. The topological polar surface area (TPSA) is 24.9 Å². The van der Waals surface area contributed by atoms with Crippen molar-refractivity contribution in [3.05, 3.63) is 63.4 Å². The summed E-state index contributed by atoms with van der Waals surface area (Å²) in [7, 11) is 1.92. The maximum Gasteiger partial charge on any atom is 0.0640 e. The van der Waals surface area contributed by atoms with Gasteiger partial charge in [0.15, 0.2) is 0 Å². The molecule has 2 aromatic rings. The molecule has 1 aromatic carbocycles. The van der Waals surface area contributed by atoms with E-state index in [1.807, 2.05) is 31.4 Å². The fraction of sp³-hybridized carbons (Fsp3) is 0.267. The number of hydrogen-bond acceptors (Lipinski definition) is 2. The monoisotopic (exact) mass is 294 g/mol. The number of aryl methyl sites for hydroxylation is 1. The molecule has 2 nitrogen and oxygen atoms in total. The van der Waals surface area contributed by atoms with Gasteiger partial charge in [0.05, 0.1) is 10.0 Å². The second-order valence-corrected chi connectivity index (χ2v) is 5.24. The molecule has 0 radical (unpaired) electrons. The Labute approximate surface area is 123 Å². The van der Waals surface area contributed by atoms with Crippen molar-refractivity contribution in [2.24, 2.45) is 0 Å². The fourth-order valence-electron chi connectivity index (χ4n) is 2.08. The van der Waals surface area contributed by atoms with Crippen LogP contribution in [0.1, 0.15) is 22.9 Å². The lowest BCUT2D eigenvalue weighted by Gasteiger charge is -2.19. The molecule has 0 saturated heterocycles. The van der Waals surface area contributed by atoms with Gasteiger partial charge in [-0.05, 0) is 37.2 Å². The number of pyridine rings is 1. The Balaban J connectivity index is 2.31. The Hall–Kier alpha value is -1.09. The van der Waals surface area contributed by atoms with E-state index in [0.29, 0.717) is 10.0 Å². The molecule has 0 spiro atoms. The molecule has 1 aromatic heterocycles. The Morgan fingerprint density at radius 2 is 2.00 bits per heavy atom. The third kappa shape index (κ3) is 3.27. The van der Waals surface area contributed by atoms with Gasteiger partial charge in [0, 0.05) is 24.4 Å². The van der Waals surface area contributed by atoms with Crippen molar-refractivity contribution < 1.29 is 0 Å². The van der Waals surface area contributed by atoms with E-state index in [0.717, 1.165) is 17.7 Å². The molecular formula is C15H16Cl2N2. The molecule has 0 bridgehead atoms. The van der Waals surface area contributed by atoms with Gasteiger partial charge < -0.3 is 5.32 Å². The summed E-state index contributed by atoms with van der Waals surface area (Å²) < 4.78 is 0. The van der Waals surface area contributed by atoms with Crippen LogP contribution in [0.15, 0.2) is 36.5 Å². The lowest BCUT2D eigenvalue weighted by Crippen LogP contribution is -2.20. The van der Waals surface area contributed by atoms with E-state index < -0.39 is 0 Å². The van der Waals surface area contributed by atoms with Gasteiger partial charge >= 0.3 is 0 Å². The van der Waals surface area contributed by atoms with E-state index in [9.17, 15) is 0 Å². The van der Waals surface area contributed by atoms with Crippen LogP contribution in [0, 0.1) is 6.92 Å². The lowest BCUT2D eigenvalue weighted by atomic mass is 10.00. The van der Waals surface area contributed by atoms with Gasteiger partial charge in [-0.1, -0.05) is 41.4 Å². The second-order valence-electron chi connectivity index (χ2n) is 4.46.